The molecule has 3 aromatic heterocycles. The van der Waals surface area contributed by atoms with E-state index in [4.69, 9.17) is 21.0 Å². The summed E-state index contributed by atoms with van der Waals surface area (Å²) in [5.41, 5.74) is 2.80. The number of hydrogen-bond acceptors (Lipinski definition) is 6. The predicted octanol–water partition coefficient (Wildman–Crippen LogP) is 6.60. The summed E-state index contributed by atoms with van der Waals surface area (Å²) in [4.78, 5) is 27.8. The van der Waals surface area contributed by atoms with E-state index in [1.807, 2.05) is 24.3 Å². The molecule has 1 amide bonds. The topological polar surface area (TPSA) is 72.1 Å². The van der Waals surface area contributed by atoms with Crippen molar-refractivity contribution in [3.8, 4) is 22.7 Å². The van der Waals surface area contributed by atoms with Crippen LogP contribution in [0.1, 0.15) is 10.5 Å². The van der Waals surface area contributed by atoms with Gasteiger partial charge in [0.1, 0.15) is 22.2 Å². The minimum atomic E-state index is -0.350. The van der Waals surface area contributed by atoms with Gasteiger partial charge in [-0.2, -0.15) is 0 Å². The molecule has 0 N–H and O–H groups in total. The first-order valence-electron chi connectivity index (χ1n) is 10.6. The van der Waals surface area contributed by atoms with Gasteiger partial charge in [-0.15, -0.1) is 0 Å². The number of amides is 1. The largest absolute Gasteiger partial charge is 0.429 e. The third-order valence-electron chi connectivity index (χ3n) is 5.19. The van der Waals surface area contributed by atoms with Gasteiger partial charge in [-0.3, -0.25) is 4.79 Å². The fraction of sp³-hybridized carbons (Fsp3) is 0.0769. The van der Waals surface area contributed by atoms with Crippen molar-refractivity contribution in [1.82, 2.24) is 19.9 Å². The monoisotopic (exact) mass is 504 g/mol. The van der Waals surface area contributed by atoms with Gasteiger partial charge in [-0.25, -0.2) is 19.3 Å². The molecule has 5 rings (SSSR count). The molecule has 0 fully saturated rings. The van der Waals surface area contributed by atoms with E-state index in [0.29, 0.717) is 49.1 Å². The molecule has 35 heavy (non-hydrogen) atoms. The second-order valence-electron chi connectivity index (χ2n) is 7.85. The van der Waals surface area contributed by atoms with Crippen LogP contribution in [0.3, 0.4) is 0 Å². The Morgan fingerprint density at radius 3 is 2.51 bits per heavy atom. The Hall–Kier alpha value is -3.75. The summed E-state index contributed by atoms with van der Waals surface area (Å²) in [5, 5.41) is 2.52. The van der Waals surface area contributed by atoms with Crippen LogP contribution in [0.2, 0.25) is 5.02 Å². The zero-order valence-electron chi connectivity index (χ0n) is 18.7. The second kappa shape index (κ2) is 9.48. The van der Waals surface area contributed by atoms with E-state index in [0.717, 1.165) is 5.39 Å². The van der Waals surface area contributed by atoms with Crippen LogP contribution in [-0.2, 0) is 0 Å². The predicted molar refractivity (Wildman–Crippen MR) is 134 cm³/mol. The standard InChI is InChI=1S/C26H18ClFN4O2S/c1-32(2)25(33)20-12-8-15-4-3-5-19(22(15)30-20)23-26(35-21-13-9-17(27)14-29-21)34-24(31-23)16-6-10-18(28)11-7-16/h3-14H,1-2H3. The van der Waals surface area contributed by atoms with E-state index in [2.05, 4.69) is 9.97 Å². The maximum Gasteiger partial charge on any atom is 0.271 e. The van der Waals surface area contributed by atoms with Gasteiger partial charge in [-0.1, -0.05) is 35.9 Å². The minimum Gasteiger partial charge on any atom is -0.429 e. The average molecular weight is 505 g/mol. The lowest BCUT2D eigenvalue weighted by atomic mass is 10.1. The highest BCUT2D eigenvalue weighted by Gasteiger charge is 2.21. The van der Waals surface area contributed by atoms with Gasteiger partial charge in [0.25, 0.3) is 5.91 Å². The Kier molecular flexibility index (Phi) is 6.23. The molecule has 0 spiro atoms. The van der Waals surface area contributed by atoms with Crippen molar-refractivity contribution in [2.24, 2.45) is 0 Å². The summed E-state index contributed by atoms with van der Waals surface area (Å²) in [5.74, 6) is -0.223. The molecule has 5 aromatic rings. The molecule has 2 aromatic carbocycles. The fourth-order valence-electron chi connectivity index (χ4n) is 3.47. The lowest BCUT2D eigenvalue weighted by molar-refractivity contribution is 0.0822. The number of fused-ring (bicyclic) bond motifs is 1. The van der Waals surface area contributed by atoms with Gasteiger partial charge >= 0.3 is 0 Å². The van der Waals surface area contributed by atoms with Crippen molar-refractivity contribution in [2.45, 2.75) is 10.1 Å². The van der Waals surface area contributed by atoms with E-state index >= 15 is 0 Å². The zero-order chi connectivity index (χ0) is 24.5. The molecule has 0 aliphatic rings. The van der Waals surface area contributed by atoms with E-state index in [1.54, 1.807) is 50.6 Å². The lowest BCUT2D eigenvalue weighted by Crippen LogP contribution is -2.22. The van der Waals surface area contributed by atoms with Crippen molar-refractivity contribution in [1.29, 1.82) is 0 Å². The van der Waals surface area contributed by atoms with Crippen LogP contribution in [0.5, 0.6) is 0 Å². The third kappa shape index (κ3) is 4.76. The zero-order valence-corrected chi connectivity index (χ0v) is 20.3. The number of nitrogens with zero attached hydrogens (tertiary/aromatic N) is 4. The van der Waals surface area contributed by atoms with Crippen LogP contribution in [0.25, 0.3) is 33.6 Å². The van der Waals surface area contributed by atoms with Crippen LogP contribution < -0.4 is 0 Å². The molecule has 6 nitrogen and oxygen atoms in total. The molecule has 174 valence electrons. The van der Waals surface area contributed by atoms with Crippen LogP contribution in [-0.4, -0.2) is 39.9 Å². The van der Waals surface area contributed by atoms with Crippen LogP contribution in [0.4, 0.5) is 4.39 Å². The average Bonchev–Trinajstić information content (AvgIpc) is 3.28. The SMILES string of the molecule is CN(C)C(=O)c1ccc2cccc(-c3nc(-c4ccc(F)cc4)oc3Sc3ccc(Cl)cn3)c2n1. The summed E-state index contributed by atoms with van der Waals surface area (Å²) in [6, 6.07) is 18.7. The molecule has 0 aliphatic carbocycles. The Morgan fingerprint density at radius 1 is 1.00 bits per heavy atom. The van der Waals surface area contributed by atoms with Gasteiger partial charge in [0.2, 0.25) is 5.89 Å². The Bertz CT molecular complexity index is 1540. The smallest absolute Gasteiger partial charge is 0.271 e. The fourth-order valence-corrected chi connectivity index (χ4v) is 4.38. The number of hydrogen-bond donors (Lipinski definition) is 0. The second-order valence-corrected chi connectivity index (χ2v) is 9.28. The number of rotatable bonds is 5. The van der Waals surface area contributed by atoms with Crippen molar-refractivity contribution < 1.29 is 13.6 Å². The molecular weight excluding hydrogens is 487 g/mol. The normalized spacial score (nSPS) is 11.1. The number of carbonyl (C=O) groups excluding carboxylic acids is 1. The molecule has 0 radical (unpaired) electrons. The quantitative estimate of drug-likeness (QED) is 0.268. The number of pyridine rings is 2. The number of para-hydroxylation sites is 1. The third-order valence-corrected chi connectivity index (χ3v) is 6.32. The number of halogens is 2. The molecule has 0 atom stereocenters. The maximum atomic E-state index is 13.5. The summed E-state index contributed by atoms with van der Waals surface area (Å²) >= 11 is 7.27. The molecule has 0 saturated carbocycles. The van der Waals surface area contributed by atoms with E-state index in [1.165, 1.54) is 28.8 Å². The van der Waals surface area contributed by atoms with E-state index in [-0.39, 0.29) is 11.7 Å². The first kappa shape index (κ1) is 23.0. The minimum absolute atomic E-state index is 0.200. The molecule has 0 bridgehead atoms. The highest BCUT2D eigenvalue weighted by atomic mass is 35.5. The molecule has 9 heteroatoms. The summed E-state index contributed by atoms with van der Waals surface area (Å²) in [6.45, 7) is 0. The summed E-state index contributed by atoms with van der Waals surface area (Å²) in [6.07, 6.45) is 1.55. The highest BCUT2D eigenvalue weighted by Crippen LogP contribution is 2.40. The van der Waals surface area contributed by atoms with Gasteiger partial charge < -0.3 is 9.32 Å². The van der Waals surface area contributed by atoms with E-state index in [9.17, 15) is 9.18 Å². The Morgan fingerprint density at radius 2 is 1.80 bits per heavy atom. The van der Waals surface area contributed by atoms with Crippen LogP contribution >= 0.6 is 23.4 Å². The summed E-state index contributed by atoms with van der Waals surface area (Å²) in [7, 11) is 3.36. The molecule has 3 heterocycles. The van der Waals surface area contributed by atoms with Crippen molar-refractivity contribution in [2.75, 3.05) is 14.1 Å². The number of aromatic nitrogens is 3. The highest BCUT2D eigenvalue weighted by molar-refractivity contribution is 7.99. The lowest BCUT2D eigenvalue weighted by Gasteiger charge is -2.11. The van der Waals surface area contributed by atoms with Crippen molar-refractivity contribution >= 4 is 40.2 Å². The Balaban J connectivity index is 1.68. The number of benzene rings is 2. The van der Waals surface area contributed by atoms with Gasteiger partial charge in [0, 0.05) is 36.8 Å². The molecule has 0 unspecified atom stereocenters. The van der Waals surface area contributed by atoms with Crippen LogP contribution in [0.15, 0.2) is 87.5 Å². The van der Waals surface area contributed by atoms with Gasteiger partial charge in [0.05, 0.1) is 10.5 Å². The van der Waals surface area contributed by atoms with Crippen molar-refractivity contribution in [3.05, 3.63) is 89.5 Å². The number of carbonyl (C=O) groups is 1. The van der Waals surface area contributed by atoms with Gasteiger partial charge in [0.15, 0.2) is 5.09 Å². The molecule has 0 aliphatic heterocycles. The summed E-state index contributed by atoms with van der Waals surface area (Å²) < 4.78 is 19.6. The first-order valence-corrected chi connectivity index (χ1v) is 11.8. The molecule has 0 saturated heterocycles. The van der Waals surface area contributed by atoms with Gasteiger partial charge in [-0.05, 0) is 54.2 Å². The number of oxazole rings is 1. The Labute approximate surface area is 209 Å². The first-order chi connectivity index (χ1) is 16.9. The van der Waals surface area contributed by atoms with Crippen molar-refractivity contribution in [3.63, 3.8) is 0 Å². The van der Waals surface area contributed by atoms with E-state index < -0.39 is 0 Å². The maximum absolute atomic E-state index is 13.5. The van der Waals surface area contributed by atoms with Crippen LogP contribution in [0, 0.1) is 5.82 Å². The molecular formula is C26H18ClFN4O2S.